The number of aliphatic hydroxyl groups excluding tert-OH is 1. The predicted octanol–water partition coefficient (Wildman–Crippen LogP) is 8.91. The second-order valence-electron chi connectivity index (χ2n) is 17.5. The molecule has 0 bridgehead atoms. The van der Waals surface area contributed by atoms with Gasteiger partial charge >= 0.3 is 6.09 Å². The van der Waals surface area contributed by atoms with Gasteiger partial charge in [-0.2, -0.15) is 0 Å². The number of amides is 2. The third-order valence-corrected chi connectivity index (χ3v) is 14.0. The first kappa shape index (κ1) is 39.3. The minimum atomic E-state index is -0.288. The quantitative estimate of drug-likeness (QED) is 0.147. The minimum absolute atomic E-state index is 0. The number of ether oxygens (including phenoxy) is 1. The first-order valence-electron chi connectivity index (χ1n) is 19.5. The number of carbonyl (C=O) groups is 2. The van der Waals surface area contributed by atoms with Gasteiger partial charge in [0.2, 0.25) is 5.91 Å². The van der Waals surface area contributed by atoms with E-state index < -0.39 is 0 Å². The number of aliphatic hydroxyl groups is 1. The van der Waals surface area contributed by atoms with E-state index >= 15 is 0 Å². The normalized spacial score (nSPS) is 36.9. The molecule has 7 heteroatoms. The van der Waals surface area contributed by atoms with Gasteiger partial charge < -0.3 is 20.1 Å². The second kappa shape index (κ2) is 17.2. The number of alkyl carbamates (subject to hydrolysis) is 1. The van der Waals surface area contributed by atoms with Crippen LogP contribution in [-0.4, -0.2) is 53.8 Å². The summed E-state index contributed by atoms with van der Waals surface area (Å²) in [5.41, 5.74) is 2.35. The number of hydrogen-bond donors (Lipinski definition) is 2. The Labute approximate surface area is 312 Å². The number of carbonyl (C=O) groups excluding carboxylic acids is 2. The van der Waals surface area contributed by atoms with E-state index in [1.807, 2.05) is 4.90 Å². The summed E-state index contributed by atoms with van der Waals surface area (Å²) in [5.74, 6) is 5.66. The zero-order valence-electron chi connectivity index (χ0n) is 30.9. The largest absolute Gasteiger partial charge is 0.446 e. The van der Waals surface area contributed by atoms with Crippen LogP contribution in [-0.2, 0) is 42.2 Å². The maximum Gasteiger partial charge on any atom is 0.407 e. The van der Waals surface area contributed by atoms with Crippen LogP contribution in [0.1, 0.15) is 144 Å². The number of fused-ring (bicyclic) bond motifs is 5. The summed E-state index contributed by atoms with van der Waals surface area (Å²) < 4.78 is 5.97. The molecule has 0 aromatic heterocycles. The van der Waals surface area contributed by atoms with E-state index in [0.717, 1.165) is 87.0 Å². The van der Waals surface area contributed by atoms with E-state index in [1.54, 1.807) is 5.57 Å². The fourth-order valence-electron chi connectivity index (χ4n) is 11.5. The Morgan fingerprint density at radius 3 is 2.55 bits per heavy atom. The van der Waals surface area contributed by atoms with Crippen LogP contribution in [0, 0.1) is 52.3 Å². The molecule has 2 amide bonds. The third kappa shape index (κ3) is 8.89. The van der Waals surface area contributed by atoms with Crippen LogP contribution in [0.3, 0.4) is 0 Å². The van der Waals surface area contributed by atoms with Crippen molar-refractivity contribution in [3.8, 4) is 0 Å². The van der Waals surface area contributed by atoms with E-state index in [1.165, 1.54) is 51.4 Å². The molecule has 1 aliphatic heterocycles. The molecule has 0 spiro atoms. The van der Waals surface area contributed by atoms with Crippen LogP contribution in [0.4, 0.5) is 4.79 Å². The van der Waals surface area contributed by atoms with Crippen LogP contribution in [0.25, 0.3) is 0 Å². The first-order valence-corrected chi connectivity index (χ1v) is 19.5. The smallest absolute Gasteiger partial charge is 0.407 e. The van der Waals surface area contributed by atoms with E-state index in [0.29, 0.717) is 24.3 Å². The van der Waals surface area contributed by atoms with Crippen molar-refractivity contribution < 1.29 is 52.1 Å². The molecule has 1 radical (unpaired) electrons. The molecular weight excluding hydrogens is 661 g/mol. The SMILES string of the molecule is CC(C)CCC[C@@H](C)[C@H]1CCC2C3CC=C4C[C@@H](OC(=O)NCCCCCC(=O)N5C[C@H](C)C[C@H]5CO)CC[C@]4(C)C3CC[C@@]21C.[Y]. The summed E-state index contributed by atoms with van der Waals surface area (Å²) in [7, 11) is 0. The molecule has 1 heterocycles. The fraction of sp³-hybridized carbons (Fsp3) is 0.900. The van der Waals surface area contributed by atoms with Crippen molar-refractivity contribution in [1.82, 2.24) is 10.2 Å². The molecule has 6 nitrogen and oxygen atoms in total. The van der Waals surface area contributed by atoms with E-state index in [9.17, 15) is 14.7 Å². The molecule has 1 saturated heterocycles. The van der Waals surface area contributed by atoms with Gasteiger partial charge in [0.15, 0.2) is 0 Å². The van der Waals surface area contributed by atoms with Gasteiger partial charge in [-0.3, -0.25) is 4.79 Å². The number of nitrogens with one attached hydrogen (secondary N) is 1. The van der Waals surface area contributed by atoms with Gasteiger partial charge in [0.1, 0.15) is 6.10 Å². The van der Waals surface area contributed by atoms with Crippen molar-refractivity contribution in [2.45, 2.75) is 156 Å². The second-order valence-corrected chi connectivity index (χ2v) is 17.5. The van der Waals surface area contributed by atoms with E-state index in [4.69, 9.17) is 4.74 Å². The topological polar surface area (TPSA) is 78.9 Å². The van der Waals surface area contributed by atoms with Crippen molar-refractivity contribution in [3.05, 3.63) is 11.6 Å². The molecule has 10 atom stereocenters. The maximum atomic E-state index is 12.7. The number of hydrogen-bond acceptors (Lipinski definition) is 4. The van der Waals surface area contributed by atoms with Crippen molar-refractivity contribution >= 4 is 12.0 Å². The fourth-order valence-corrected chi connectivity index (χ4v) is 11.5. The first-order chi connectivity index (χ1) is 22.0. The Balaban J connectivity index is 0.00000500. The molecule has 47 heavy (non-hydrogen) atoms. The molecule has 265 valence electrons. The average Bonchev–Trinajstić information content (AvgIpc) is 3.58. The summed E-state index contributed by atoms with van der Waals surface area (Å²) >= 11 is 0. The standard InChI is InChI=1S/C40H68N2O4.Y/c1-27(2)11-10-12-29(4)34-16-17-35-33-15-14-30-24-32(18-20-39(30,5)36(33)19-21-40(34,35)6)46-38(45)41-22-9-7-8-13-37(44)42-25-28(3)23-31(42)26-43;/h14,27-29,31-36,43H,7-13,15-26H2,1-6H3,(H,41,45);/t28-,29-,31+,32+,33?,34-,35?,36?,39+,40-;/m1./s1. The Kier molecular flexibility index (Phi) is 14.4. The maximum absolute atomic E-state index is 12.7. The molecule has 5 aliphatic rings. The van der Waals surface area contributed by atoms with Crippen LogP contribution < -0.4 is 5.32 Å². The van der Waals surface area contributed by atoms with Crippen LogP contribution >= 0.6 is 0 Å². The number of nitrogens with zero attached hydrogens (tertiary/aromatic N) is 1. The third-order valence-electron chi connectivity index (χ3n) is 14.0. The van der Waals surface area contributed by atoms with Crippen LogP contribution in [0.5, 0.6) is 0 Å². The zero-order valence-corrected chi connectivity index (χ0v) is 33.7. The number of unbranched alkanes of at least 4 members (excludes halogenated alkanes) is 2. The summed E-state index contributed by atoms with van der Waals surface area (Å²) in [5, 5.41) is 12.5. The molecule has 5 rings (SSSR count). The Morgan fingerprint density at radius 2 is 1.81 bits per heavy atom. The summed E-state index contributed by atoms with van der Waals surface area (Å²) in [6, 6.07) is -0.0148. The van der Waals surface area contributed by atoms with Crippen LogP contribution in [0.2, 0.25) is 0 Å². The van der Waals surface area contributed by atoms with Crippen molar-refractivity contribution in [1.29, 1.82) is 0 Å². The Bertz CT molecular complexity index is 1080. The monoisotopic (exact) mass is 729 g/mol. The van der Waals surface area contributed by atoms with Gasteiger partial charge in [-0.25, -0.2) is 4.79 Å². The Hall–Kier alpha value is -0.456. The van der Waals surface area contributed by atoms with E-state index in [-0.39, 0.29) is 68.9 Å². The molecular formula is C40H68N2O4Y. The van der Waals surface area contributed by atoms with Gasteiger partial charge in [-0.1, -0.05) is 78.9 Å². The van der Waals surface area contributed by atoms with Gasteiger partial charge in [0.25, 0.3) is 0 Å². The van der Waals surface area contributed by atoms with Gasteiger partial charge in [0.05, 0.1) is 12.6 Å². The molecule has 3 saturated carbocycles. The summed E-state index contributed by atoms with van der Waals surface area (Å²) in [6.07, 6.45) is 20.3. The molecule has 4 aliphatic carbocycles. The van der Waals surface area contributed by atoms with Crippen LogP contribution in [0.15, 0.2) is 11.6 Å². The predicted molar refractivity (Wildman–Crippen MR) is 186 cm³/mol. The summed E-state index contributed by atoms with van der Waals surface area (Å²) in [6.45, 7) is 16.1. The number of allylic oxidation sites excluding steroid dienone is 1. The molecule has 4 fully saturated rings. The van der Waals surface area contributed by atoms with Crippen molar-refractivity contribution in [2.24, 2.45) is 52.3 Å². The Morgan fingerprint density at radius 1 is 1.02 bits per heavy atom. The molecule has 0 aromatic rings. The molecule has 3 unspecified atom stereocenters. The van der Waals surface area contributed by atoms with E-state index in [2.05, 4.69) is 52.9 Å². The zero-order chi connectivity index (χ0) is 33.1. The number of rotatable bonds is 13. The minimum Gasteiger partial charge on any atom is -0.446 e. The number of likely N-dealkylation sites (tertiary alicyclic amines) is 1. The van der Waals surface area contributed by atoms with Gasteiger partial charge in [0, 0.05) is 58.6 Å². The van der Waals surface area contributed by atoms with Gasteiger partial charge in [-0.05, 0) is 116 Å². The summed E-state index contributed by atoms with van der Waals surface area (Å²) in [4.78, 5) is 27.2. The van der Waals surface area contributed by atoms with Crippen molar-refractivity contribution in [3.63, 3.8) is 0 Å². The average molecular weight is 730 g/mol. The van der Waals surface area contributed by atoms with Crippen molar-refractivity contribution in [2.75, 3.05) is 19.7 Å². The molecule has 2 N–H and O–H groups in total. The van der Waals surface area contributed by atoms with Gasteiger partial charge in [-0.15, -0.1) is 0 Å². The molecule has 0 aromatic carbocycles.